The van der Waals surface area contributed by atoms with Crippen LogP contribution in [0, 0.1) is 0 Å². The van der Waals surface area contributed by atoms with E-state index in [1.54, 1.807) is 0 Å². The Bertz CT molecular complexity index is 315. The van der Waals surface area contributed by atoms with Crippen molar-refractivity contribution >= 4 is 23.2 Å². The van der Waals surface area contributed by atoms with E-state index in [0.29, 0.717) is 0 Å². The zero-order chi connectivity index (χ0) is 10.1. The molecule has 72 valence electrons. The number of hydrogen-bond acceptors (Lipinski definition) is 1. The smallest absolute Gasteiger partial charge is 0.297 e. The van der Waals surface area contributed by atoms with Gasteiger partial charge in [-0.1, -0.05) is 35.3 Å². The number of aliphatic hydroxyl groups excluding tert-OH is 1. The van der Waals surface area contributed by atoms with Crippen molar-refractivity contribution in [1.29, 1.82) is 0 Å². The summed E-state index contributed by atoms with van der Waals surface area (Å²) < 4.78 is 25.9. The van der Waals surface area contributed by atoms with Gasteiger partial charge in [-0.25, -0.2) is 0 Å². The van der Waals surface area contributed by atoms with Crippen LogP contribution >= 0.6 is 23.2 Å². The van der Waals surface area contributed by atoms with Crippen molar-refractivity contribution < 1.29 is 13.9 Å². The van der Waals surface area contributed by atoms with Crippen molar-refractivity contribution in [2.75, 3.05) is 6.61 Å². The maximum absolute atomic E-state index is 12.9. The summed E-state index contributed by atoms with van der Waals surface area (Å²) in [5.74, 6) is -3.35. The van der Waals surface area contributed by atoms with E-state index in [2.05, 4.69) is 0 Å². The predicted molar refractivity (Wildman–Crippen MR) is 47.4 cm³/mol. The molecule has 1 N–H and O–H groups in total. The van der Waals surface area contributed by atoms with E-state index < -0.39 is 18.1 Å². The van der Waals surface area contributed by atoms with Crippen molar-refractivity contribution in [1.82, 2.24) is 0 Å². The minimum atomic E-state index is -3.35. The molecule has 0 saturated carbocycles. The molecule has 0 aromatic heterocycles. The zero-order valence-corrected chi connectivity index (χ0v) is 7.91. The molecule has 0 unspecified atom stereocenters. The van der Waals surface area contributed by atoms with Gasteiger partial charge in [-0.2, -0.15) is 8.78 Å². The van der Waals surface area contributed by atoms with E-state index in [0.717, 1.165) is 6.07 Å². The summed E-state index contributed by atoms with van der Waals surface area (Å²) in [5.41, 5.74) is -0.454. The maximum Gasteiger partial charge on any atom is 0.297 e. The summed E-state index contributed by atoms with van der Waals surface area (Å²) in [5, 5.41) is 8.24. The van der Waals surface area contributed by atoms with Gasteiger partial charge >= 0.3 is 0 Å². The van der Waals surface area contributed by atoms with E-state index in [4.69, 9.17) is 28.3 Å². The fraction of sp³-hybridized carbons (Fsp3) is 0.250. The van der Waals surface area contributed by atoms with Gasteiger partial charge in [0.2, 0.25) is 0 Å². The molecule has 0 fully saturated rings. The van der Waals surface area contributed by atoms with E-state index in [1.807, 2.05) is 0 Å². The Kier molecular flexibility index (Phi) is 3.11. The molecule has 0 aliphatic heterocycles. The fourth-order valence-corrected chi connectivity index (χ4v) is 1.31. The second-order valence-corrected chi connectivity index (χ2v) is 3.25. The third-order valence-corrected chi connectivity index (χ3v) is 2.36. The first kappa shape index (κ1) is 10.7. The highest BCUT2D eigenvalue weighted by molar-refractivity contribution is 6.42. The lowest BCUT2D eigenvalue weighted by molar-refractivity contribution is -0.0555. The van der Waals surface area contributed by atoms with Crippen LogP contribution < -0.4 is 0 Å². The summed E-state index contributed by atoms with van der Waals surface area (Å²) in [6, 6.07) is 3.89. The number of halogens is 4. The van der Waals surface area contributed by atoms with Crippen molar-refractivity contribution in [3.05, 3.63) is 33.8 Å². The Morgan fingerprint density at radius 3 is 2.46 bits per heavy atom. The predicted octanol–water partition coefficient (Wildman–Crippen LogP) is 3.08. The van der Waals surface area contributed by atoms with E-state index in [9.17, 15) is 8.78 Å². The Balaban J connectivity index is 3.22. The minimum absolute atomic E-state index is 0.0484. The number of alkyl halides is 2. The summed E-state index contributed by atoms with van der Waals surface area (Å²) in [7, 11) is 0. The van der Waals surface area contributed by atoms with Gasteiger partial charge in [0.25, 0.3) is 5.92 Å². The Morgan fingerprint density at radius 2 is 1.92 bits per heavy atom. The van der Waals surface area contributed by atoms with Crippen LogP contribution in [0.2, 0.25) is 10.0 Å². The standard InChI is InChI=1S/C8H6Cl2F2O/c9-6-3-1-2-5(7(6)10)8(11,12)4-13/h1-3,13H,4H2. The van der Waals surface area contributed by atoms with Crippen LogP contribution in [-0.2, 0) is 5.92 Å². The number of rotatable bonds is 2. The van der Waals surface area contributed by atoms with Crippen LogP contribution in [-0.4, -0.2) is 11.7 Å². The second kappa shape index (κ2) is 3.78. The summed E-state index contributed by atoms with van der Waals surface area (Å²) in [6.07, 6.45) is 0. The lowest BCUT2D eigenvalue weighted by Gasteiger charge is -2.15. The highest BCUT2D eigenvalue weighted by Gasteiger charge is 2.33. The van der Waals surface area contributed by atoms with Crippen LogP contribution in [0.5, 0.6) is 0 Å². The molecule has 1 aromatic carbocycles. The molecule has 0 atom stereocenters. The quantitative estimate of drug-likeness (QED) is 0.822. The first-order valence-corrected chi connectivity index (χ1v) is 4.18. The second-order valence-electron chi connectivity index (χ2n) is 2.46. The number of benzene rings is 1. The highest BCUT2D eigenvalue weighted by Crippen LogP contribution is 2.36. The third kappa shape index (κ3) is 2.10. The minimum Gasteiger partial charge on any atom is -0.390 e. The maximum atomic E-state index is 12.9. The molecule has 1 nitrogen and oxygen atoms in total. The van der Waals surface area contributed by atoms with Crippen LogP contribution in [0.4, 0.5) is 8.78 Å². The van der Waals surface area contributed by atoms with Crippen LogP contribution in [0.3, 0.4) is 0 Å². The lowest BCUT2D eigenvalue weighted by Crippen LogP contribution is -2.18. The van der Waals surface area contributed by atoms with E-state index in [1.165, 1.54) is 12.1 Å². The first-order valence-electron chi connectivity index (χ1n) is 3.42. The van der Waals surface area contributed by atoms with Crippen molar-refractivity contribution in [2.45, 2.75) is 5.92 Å². The topological polar surface area (TPSA) is 20.2 Å². The Labute approximate surface area is 83.9 Å². The van der Waals surface area contributed by atoms with Gasteiger partial charge in [0.15, 0.2) is 0 Å². The van der Waals surface area contributed by atoms with Crippen LogP contribution in [0.15, 0.2) is 18.2 Å². The number of aliphatic hydroxyl groups is 1. The molecule has 0 aliphatic rings. The largest absolute Gasteiger partial charge is 0.390 e. The monoisotopic (exact) mass is 226 g/mol. The normalized spacial score (nSPS) is 11.8. The molecule has 0 amide bonds. The van der Waals surface area contributed by atoms with Crippen LogP contribution in [0.1, 0.15) is 5.56 Å². The SMILES string of the molecule is OCC(F)(F)c1cccc(Cl)c1Cl. The highest BCUT2D eigenvalue weighted by atomic mass is 35.5. The molecule has 0 radical (unpaired) electrons. The molecular formula is C8H6Cl2F2O. The summed E-state index contributed by atoms with van der Waals surface area (Å²) >= 11 is 11.1. The van der Waals surface area contributed by atoms with Gasteiger partial charge in [-0.05, 0) is 6.07 Å². The molecular weight excluding hydrogens is 221 g/mol. The van der Waals surface area contributed by atoms with Gasteiger partial charge in [0.05, 0.1) is 10.0 Å². The molecule has 0 saturated heterocycles. The Morgan fingerprint density at radius 1 is 1.31 bits per heavy atom. The van der Waals surface area contributed by atoms with Gasteiger partial charge in [-0.3, -0.25) is 0 Å². The van der Waals surface area contributed by atoms with Crippen molar-refractivity contribution in [2.24, 2.45) is 0 Å². The molecule has 0 heterocycles. The first-order chi connectivity index (χ1) is 5.99. The molecule has 5 heteroatoms. The fourth-order valence-electron chi connectivity index (χ4n) is 0.871. The molecule has 0 aliphatic carbocycles. The number of hydrogen-bond donors (Lipinski definition) is 1. The molecule has 1 aromatic rings. The summed E-state index contributed by atoms with van der Waals surface area (Å²) in [6.45, 7) is -1.28. The molecule has 0 spiro atoms. The molecule has 1 rings (SSSR count). The average molecular weight is 227 g/mol. The lowest BCUT2D eigenvalue weighted by atomic mass is 10.1. The van der Waals surface area contributed by atoms with Crippen LogP contribution in [0.25, 0.3) is 0 Å². The third-order valence-electron chi connectivity index (χ3n) is 1.54. The van der Waals surface area contributed by atoms with Crippen molar-refractivity contribution in [3.8, 4) is 0 Å². The molecule has 13 heavy (non-hydrogen) atoms. The van der Waals surface area contributed by atoms with Gasteiger partial charge in [-0.15, -0.1) is 0 Å². The average Bonchev–Trinajstić information content (AvgIpc) is 2.09. The summed E-state index contributed by atoms with van der Waals surface area (Å²) in [4.78, 5) is 0. The van der Waals surface area contributed by atoms with Crippen molar-refractivity contribution in [3.63, 3.8) is 0 Å². The van der Waals surface area contributed by atoms with E-state index >= 15 is 0 Å². The van der Waals surface area contributed by atoms with Gasteiger partial charge in [0.1, 0.15) is 6.61 Å². The van der Waals surface area contributed by atoms with Gasteiger partial charge in [0, 0.05) is 5.56 Å². The molecule has 0 bridgehead atoms. The Hall–Kier alpha value is -0.380. The zero-order valence-electron chi connectivity index (χ0n) is 6.40. The van der Waals surface area contributed by atoms with E-state index in [-0.39, 0.29) is 10.0 Å². The van der Waals surface area contributed by atoms with Gasteiger partial charge < -0.3 is 5.11 Å².